The van der Waals surface area contributed by atoms with Crippen molar-refractivity contribution in [2.75, 3.05) is 17.2 Å². The zero-order chi connectivity index (χ0) is 14.5. The van der Waals surface area contributed by atoms with E-state index in [-0.39, 0.29) is 5.69 Å². The minimum absolute atomic E-state index is 0.00812. The van der Waals surface area contributed by atoms with Crippen molar-refractivity contribution in [1.82, 2.24) is 9.97 Å². The highest BCUT2D eigenvalue weighted by Gasteiger charge is 2.11. The number of nitro groups is 1. The first-order chi connectivity index (χ1) is 9.58. The first kappa shape index (κ1) is 14.2. The molecular formula is C12H15N5O2S. The van der Waals surface area contributed by atoms with Crippen LogP contribution < -0.4 is 10.6 Å². The van der Waals surface area contributed by atoms with E-state index in [1.165, 1.54) is 12.1 Å². The van der Waals surface area contributed by atoms with Crippen molar-refractivity contribution in [3.05, 3.63) is 38.3 Å². The highest BCUT2D eigenvalue weighted by Crippen LogP contribution is 2.21. The van der Waals surface area contributed by atoms with E-state index < -0.39 is 4.92 Å². The van der Waals surface area contributed by atoms with Gasteiger partial charge in [-0.1, -0.05) is 0 Å². The minimum atomic E-state index is -0.429. The van der Waals surface area contributed by atoms with Gasteiger partial charge in [0.15, 0.2) is 0 Å². The predicted molar refractivity (Wildman–Crippen MR) is 79.2 cm³/mol. The topological polar surface area (TPSA) is 93.0 Å². The smallest absolute Gasteiger partial charge is 0.276 e. The summed E-state index contributed by atoms with van der Waals surface area (Å²) in [7, 11) is 0. The molecule has 20 heavy (non-hydrogen) atoms. The van der Waals surface area contributed by atoms with E-state index in [0.717, 1.165) is 9.88 Å². The van der Waals surface area contributed by atoms with Crippen LogP contribution in [-0.4, -0.2) is 21.4 Å². The third-order valence-corrected chi connectivity index (χ3v) is 3.38. The summed E-state index contributed by atoms with van der Waals surface area (Å²) in [5, 5.41) is 17.9. The van der Waals surface area contributed by atoms with Gasteiger partial charge in [-0.25, -0.2) is 9.97 Å². The molecule has 0 spiro atoms. The lowest BCUT2D eigenvalue weighted by atomic mass is 10.3. The maximum absolute atomic E-state index is 10.9. The SMILES string of the molecule is CCNc1cc([N+](=O)[O-])cc(NCc2ncc(C)s2)n1. The fraction of sp³-hybridized carbons (Fsp3) is 0.333. The van der Waals surface area contributed by atoms with E-state index in [9.17, 15) is 10.1 Å². The molecule has 2 aromatic heterocycles. The Balaban J connectivity index is 2.15. The molecule has 0 radical (unpaired) electrons. The van der Waals surface area contributed by atoms with Gasteiger partial charge in [-0.2, -0.15) is 0 Å². The van der Waals surface area contributed by atoms with Crippen molar-refractivity contribution in [3.63, 3.8) is 0 Å². The number of hydrogen-bond donors (Lipinski definition) is 2. The van der Waals surface area contributed by atoms with Gasteiger partial charge in [-0.3, -0.25) is 10.1 Å². The van der Waals surface area contributed by atoms with Crippen molar-refractivity contribution < 1.29 is 4.92 Å². The summed E-state index contributed by atoms with van der Waals surface area (Å²) in [4.78, 5) is 20.1. The van der Waals surface area contributed by atoms with E-state index in [4.69, 9.17) is 0 Å². The Morgan fingerprint density at radius 2 is 2.05 bits per heavy atom. The summed E-state index contributed by atoms with van der Waals surface area (Å²) in [5.41, 5.74) is 0.00812. The molecule has 0 saturated carbocycles. The van der Waals surface area contributed by atoms with Gasteiger partial charge in [0.1, 0.15) is 16.6 Å². The molecule has 0 aliphatic carbocycles. The Kier molecular flexibility index (Phi) is 4.46. The molecule has 8 heteroatoms. The lowest BCUT2D eigenvalue weighted by Gasteiger charge is -2.07. The fourth-order valence-electron chi connectivity index (χ4n) is 1.63. The molecule has 2 heterocycles. The first-order valence-corrected chi connectivity index (χ1v) is 6.95. The van der Waals surface area contributed by atoms with Crippen LogP contribution in [0.3, 0.4) is 0 Å². The van der Waals surface area contributed by atoms with Gasteiger partial charge in [0, 0.05) is 17.6 Å². The lowest BCUT2D eigenvalue weighted by Crippen LogP contribution is -2.05. The van der Waals surface area contributed by atoms with Gasteiger partial charge < -0.3 is 10.6 Å². The number of aryl methyl sites for hydroxylation is 1. The zero-order valence-electron chi connectivity index (χ0n) is 11.2. The van der Waals surface area contributed by atoms with Gasteiger partial charge in [0.05, 0.1) is 23.6 Å². The molecule has 0 bridgehead atoms. The average molecular weight is 293 g/mol. The van der Waals surface area contributed by atoms with E-state index >= 15 is 0 Å². The number of pyridine rings is 1. The largest absolute Gasteiger partial charge is 0.370 e. The lowest BCUT2D eigenvalue weighted by molar-refractivity contribution is -0.384. The van der Waals surface area contributed by atoms with E-state index in [1.807, 2.05) is 13.8 Å². The molecule has 2 rings (SSSR count). The van der Waals surface area contributed by atoms with Crippen LogP contribution in [0.25, 0.3) is 0 Å². The quantitative estimate of drug-likeness (QED) is 0.628. The Hall–Kier alpha value is -2.22. The highest BCUT2D eigenvalue weighted by molar-refractivity contribution is 7.11. The van der Waals surface area contributed by atoms with E-state index in [1.54, 1.807) is 17.5 Å². The van der Waals surface area contributed by atoms with Crippen LogP contribution in [-0.2, 0) is 6.54 Å². The molecule has 0 fully saturated rings. The van der Waals surface area contributed by atoms with Crippen LogP contribution in [0.2, 0.25) is 0 Å². The van der Waals surface area contributed by atoms with Crippen LogP contribution in [0.15, 0.2) is 18.3 Å². The van der Waals surface area contributed by atoms with Gasteiger partial charge in [0.2, 0.25) is 0 Å². The number of aromatic nitrogens is 2. The molecule has 0 unspecified atom stereocenters. The van der Waals surface area contributed by atoms with Crippen LogP contribution in [0.5, 0.6) is 0 Å². The maximum Gasteiger partial charge on any atom is 0.276 e. The van der Waals surface area contributed by atoms with Crippen LogP contribution in [0.4, 0.5) is 17.3 Å². The number of nitrogens with one attached hydrogen (secondary N) is 2. The number of thiazole rings is 1. The third kappa shape index (κ3) is 3.64. The maximum atomic E-state index is 10.9. The molecule has 7 nitrogen and oxygen atoms in total. The van der Waals surface area contributed by atoms with Gasteiger partial charge in [-0.15, -0.1) is 11.3 Å². The Morgan fingerprint density at radius 3 is 2.60 bits per heavy atom. The standard InChI is InChI=1S/C12H15N5O2S/c1-3-13-10-4-9(17(18)19)5-11(16-10)14-7-12-15-6-8(2)20-12/h4-6H,3,7H2,1-2H3,(H2,13,14,16). The summed E-state index contributed by atoms with van der Waals surface area (Å²) < 4.78 is 0. The zero-order valence-corrected chi connectivity index (χ0v) is 12.0. The van der Waals surface area contributed by atoms with E-state index in [2.05, 4.69) is 20.6 Å². The van der Waals surface area contributed by atoms with Gasteiger partial charge in [0.25, 0.3) is 5.69 Å². The molecule has 0 atom stereocenters. The van der Waals surface area contributed by atoms with Crippen molar-refractivity contribution in [1.29, 1.82) is 0 Å². The second-order valence-electron chi connectivity index (χ2n) is 4.10. The average Bonchev–Trinajstić information content (AvgIpc) is 2.82. The second-order valence-corrected chi connectivity index (χ2v) is 5.42. The third-order valence-electron chi connectivity index (χ3n) is 2.47. The molecule has 0 aliphatic heterocycles. The molecule has 0 saturated heterocycles. The molecule has 0 aromatic carbocycles. The van der Waals surface area contributed by atoms with Crippen molar-refractivity contribution >= 4 is 28.7 Å². The second kappa shape index (κ2) is 6.29. The summed E-state index contributed by atoms with van der Waals surface area (Å²) >= 11 is 1.58. The van der Waals surface area contributed by atoms with Crippen molar-refractivity contribution in [2.24, 2.45) is 0 Å². The van der Waals surface area contributed by atoms with Crippen LogP contribution >= 0.6 is 11.3 Å². The minimum Gasteiger partial charge on any atom is -0.370 e. The Labute approximate surface area is 120 Å². The number of anilines is 2. The number of rotatable bonds is 6. The van der Waals surface area contributed by atoms with Gasteiger partial charge >= 0.3 is 0 Å². The number of hydrogen-bond acceptors (Lipinski definition) is 7. The molecule has 0 aliphatic rings. The predicted octanol–water partition coefficient (Wildman–Crippen LogP) is 2.80. The Bertz CT molecular complexity index is 614. The highest BCUT2D eigenvalue weighted by atomic mass is 32.1. The summed E-state index contributed by atoms with van der Waals surface area (Å²) in [6.07, 6.45) is 1.80. The summed E-state index contributed by atoms with van der Waals surface area (Å²) in [5.74, 6) is 0.947. The fourth-order valence-corrected chi connectivity index (χ4v) is 2.36. The van der Waals surface area contributed by atoms with E-state index in [0.29, 0.717) is 24.7 Å². The van der Waals surface area contributed by atoms with Gasteiger partial charge in [-0.05, 0) is 13.8 Å². The van der Waals surface area contributed by atoms with Crippen molar-refractivity contribution in [2.45, 2.75) is 20.4 Å². The molecule has 106 valence electrons. The molecular weight excluding hydrogens is 278 g/mol. The molecule has 2 aromatic rings. The normalized spacial score (nSPS) is 10.3. The molecule has 2 N–H and O–H groups in total. The monoisotopic (exact) mass is 293 g/mol. The number of nitrogens with zero attached hydrogens (tertiary/aromatic N) is 3. The van der Waals surface area contributed by atoms with Crippen molar-refractivity contribution in [3.8, 4) is 0 Å². The van der Waals surface area contributed by atoms with Crippen LogP contribution in [0, 0.1) is 17.0 Å². The molecule has 0 amide bonds. The summed E-state index contributed by atoms with van der Waals surface area (Å²) in [6, 6.07) is 2.84. The van der Waals surface area contributed by atoms with Crippen LogP contribution in [0.1, 0.15) is 16.8 Å². The first-order valence-electron chi connectivity index (χ1n) is 6.14. The summed E-state index contributed by atoms with van der Waals surface area (Å²) in [6.45, 7) is 5.04. The Morgan fingerprint density at radius 1 is 1.35 bits per heavy atom.